The molecule has 1 atom stereocenters. The topological polar surface area (TPSA) is 46.3 Å². The second-order valence-corrected chi connectivity index (χ2v) is 6.16. The summed E-state index contributed by atoms with van der Waals surface area (Å²) in [6, 6.07) is 5.68. The summed E-state index contributed by atoms with van der Waals surface area (Å²) in [7, 11) is 0. The van der Waals surface area contributed by atoms with Crippen LogP contribution in [0.4, 0.5) is 11.4 Å². The molecule has 1 aliphatic rings. The van der Waals surface area contributed by atoms with E-state index in [9.17, 15) is 4.79 Å². The Kier molecular flexibility index (Phi) is 3.39. The van der Waals surface area contributed by atoms with Crippen molar-refractivity contribution in [2.24, 2.45) is 0 Å². The van der Waals surface area contributed by atoms with Gasteiger partial charge in [-0.3, -0.25) is 4.79 Å². The number of carbonyl (C=O) groups is 1. The van der Waals surface area contributed by atoms with E-state index in [1.54, 1.807) is 22.7 Å². The van der Waals surface area contributed by atoms with Crippen LogP contribution in [0, 0.1) is 0 Å². The highest BCUT2D eigenvalue weighted by molar-refractivity contribution is 8.01. The number of benzene rings is 1. The average Bonchev–Trinajstić information content (AvgIpc) is 2.35. The number of hydrogen-bond donors (Lipinski definition) is 1. The van der Waals surface area contributed by atoms with Crippen molar-refractivity contribution in [1.82, 2.24) is 0 Å². The van der Waals surface area contributed by atoms with Gasteiger partial charge in [-0.05, 0) is 31.5 Å². The Bertz CT molecular complexity index is 501. The first-order chi connectivity index (χ1) is 8.51. The van der Waals surface area contributed by atoms with Crippen LogP contribution in [0.1, 0.15) is 20.3 Å². The van der Waals surface area contributed by atoms with Gasteiger partial charge >= 0.3 is 0 Å². The van der Waals surface area contributed by atoms with Crippen molar-refractivity contribution < 1.29 is 4.79 Å². The second kappa shape index (κ2) is 4.69. The van der Waals surface area contributed by atoms with E-state index in [1.165, 1.54) is 0 Å². The molecule has 0 bridgehead atoms. The molecule has 0 saturated heterocycles. The average molecular weight is 262 g/mol. The van der Waals surface area contributed by atoms with Crippen molar-refractivity contribution in [2.75, 3.05) is 17.2 Å². The highest BCUT2D eigenvalue weighted by Gasteiger charge is 2.41. The van der Waals surface area contributed by atoms with Gasteiger partial charge in [-0.15, -0.1) is 18.3 Å². The lowest BCUT2D eigenvalue weighted by molar-refractivity contribution is -0.120. The molecule has 96 valence electrons. The number of rotatable bonds is 3. The van der Waals surface area contributed by atoms with Crippen LogP contribution in [0.3, 0.4) is 0 Å². The van der Waals surface area contributed by atoms with Crippen LogP contribution >= 0.6 is 11.8 Å². The molecule has 2 N–H and O–H groups in total. The smallest absolute Gasteiger partial charge is 0.243 e. The number of nitrogens with two attached hydrogens (primary N) is 1. The van der Waals surface area contributed by atoms with Gasteiger partial charge in [-0.1, -0.05) is 13.0 Å². The Labute approximate surface area is 112 Å². The van der Waals surface area contributed by atoms with Gasteiger partial charge in [0.2, 0.25) is 5.91 Å². The molecule has 1 aromatic carbocycles. The fourth-order valence-electron chi connectivity index (χ4n) is 2.05. The maximum absolute atomic E-state index is 12.5. The summed E-state index contributed by atoms with van der Waals surface area (Å²) in [5.41, 5.74) is 7.49. The van der Waals surface area contributed by atoms with Gasteiger partial charge in [0, 0.05) is 17.1 Å². The summed E-state index contributed by atoms with van der Waals surface area (Å²) in [5, 5.41) is 0. The molecule has 18 heavy (non-hydrogen) atoms. The normalized spacial score (nSPS) is 22.8. The van der Waals surface area contributed by atoms with E-state index in [-0.39, 0.29) is 5.91 Å². The van der Waals surface area contributed by atoms with E-state index >= 15 is 0 Å². The van der Waals surface area contributed by atoms with E-state index in [0.717, 1.165) is 22.7 Å². The second-order valence-electron chi connectivity index (χ2n) is 4.62. The van der Waals surface area contributed by atoms with Gasteiger partial charge < -0.3 is 10.6 Å². The first-order valence-electron chi connectivity index (χ1n) is 6.03. The molecular formula is C14H18N2OS. The lowest BCUT2D eigenvalue weighted by Gasteiger charge is -2.39. The molecule has 0 aliphatic carbocycles. The molecule has 0 aromatic heterocycles. The summed E-state index contributed by atoms with van der Waals surface area (Å²) in [5.74, 6) is 0.146. The Morgan fingerprint density at radius 1 is 1.56 bits per heavy atom. The zero-order chi connectivity index (χ0) is 13.3. The van der Waals surface area contributed by atoms with Gasteiger partial charge in [0.05, 0.1) is 10.4 Å². The molecule has 1 aliphatic heterocycles. The van der Waals surface area contributed by atoms with Crippen molar-refractivity contribution in [3.63, 3.8) is 0 Å². The fourth-order valence-corrected chi connectivity index (χ4v) is 3.36. The number of amides is 1. The third kappa shape index (κ3) is 2.01. The minimum atomic E-state index is -0.413. The van der Waals surface area contributed by atoms with Crippen LogP contribution in [0.15, 0.2) is 35.7 Å². The maximum Gasteiger partial charge on any atom is 0.243 e. The molecule has 0 saturated carbocycles. The molecule has 1 unspecified atom stereocenters. The van der Waals surface area contributed by atoms with Gasteiger partial charge in [0.15, 0.2) is 0 Å². The number of hydrogen-bond acceptors (Lipinski definition) is 3. The Hall–Kier alpha value is -1.42. The maximum atomic E-state index is 12.5. The summed E-state index contributed by atoms with van der Waals surface area (Å²) < 4.78 is -0.413. The van der Waals surface area contributed by atoms with Crippen LogP contribution in [0.25, 0.3) is 0 Å². The highest BCUT2D eigenvalue weighted by Crippen LogP contribution is 2.47. The van der Waals surface area contributed by atoms with Crippen molar-refractivity contribution >= 4 is 29.0 Å². The van der Waals surface area contributed by atoms with Crippen molar-refractivity contribution in [1.29, 1.82) is 0 Å². The quantitative estimate of drug-likeness (QED) is 0.672. The predicted molar refractivity (Wildman–Crippen MR) is 78.0 cm³/mol. The molecular weight excluding hydrogens is 244 g/mol. The molecule has 2 rings (SSSR count). The molecule has 0 spiro atoms. The van der Waals surface area contributed by atoms with Gasteiger partial charge in [0.25, 0.3) is 0 Å². The van der Waals surface area contributed by atoms with E-state index in [4.69, 9.17) is 5.73 Å². The summed E-state index contributed by atoms with van der Waals surface area (Å²) in [6.07, 6.45) is 2.54. The molecule has 1 aromatic rings. The van der Waals surface area contributed by atoms with Gasteiger partial charge in [0.1, 0.15) is 0 Å². The number of fused-ring (bicyclic) bond motifs is 1. The number of anilines is 2. The highest BCUT2D eigenvalue weighted by atomic mass is 32.2. The van der Waals surface area contributed by atoms with Crippen LogP contribution in [0.2, 0.25) is 0 Å². The number of carbonyl (C=O) groups excluding carboxylic acids is 1. The molecule has 4 heteroatoms. The first-order valence-corrected chi connectivity index (χ1v) is 6.85. The minimum Gasteiger partial charge on any atom is -0.399 e. The van der Waals surface area contributed by atoms with Crippen LogP contribution in [-0.4, -0.2) is 17.2 Å². The zero-order valence-electron chi connectivity index (χ0n) is 10.8. The molecule has 1 heterocycles. The van der Waals surface area contributed by atoms with Gasteiger partial charge in [-0.2, -0.15) is 0 Å². The van der Waals surface area contributed by atoms with E-state index in [0.29, 0.717) is 6.54 Å². The van der Waals surface area contributed by atoms with E-state index in [2.05, 4.69) is 6.58 Å². The van der Waals surface area contributed by atoms with E-state index < -0.39 is 4.75 Å². The number of nitrogens with zero attached hydrogens (tertiary/aromatic N) is 1. The Morgan fingerprint density at radius 3 is 2.89 bits per heavy atom. The monoisotopic (exact) mass is 262 g/mol. The predicted octanol–water partition coefficient (Wildman–Crippen LogP) is 3.06. The molecule has 0 fully saturated rings. The largest absolute Gasteiger partial charge is 0.399 e. The zero-order valence-corrected chi connectivity index (χ0v) is 11.6. The SMILES string of the molecule is C=CCN1C(=O)C(C)(CC)Sc2cc(N)ccc21. The van der Waals surface area contributed by atoms with Crippen LogP contribution < -0.4 is 10.6 Å². The first kappa shape index (κ1) is 13.0. The third-order valence-electron chi connectivity index (χ3n) is 3.29. The number of nitrogen functional groups attached to an aromatic ring is 1. The molecule has 1 amide bonds. The Morgan fingerprint density at radius 2 is 2.28 bits per heavy atom. The lowest BCUT2D eigenvalue weighted by Crippen LogP contribution is -2.47. The van der Waals surface area contributed by atoms with Crippen LogP contribution in [0.5, 0.6) is 0 Å². The standard InChI is InChI=1S/C14H18N2OS/c1-4-8-16-11-7-6-10(15)9-12(11)18-14(3,5-2)13(16)17/h4,6-7,9H,1,5,8,15H2,2-3H3. The third-order valence-corrected chi connectivity index (χ3v) is 4.75. The van der Waals surface area contributed by atoms with Crippen molar-refractivity contribution in [2.45, 2.75) is 29.9 Å². The molecule has 3 nitrogen and oxygen atoms in total. The number of thioether (sulfide) groups is 1. The van der Waals surface area contributed by atoms with E-state index in [1.807, 2.05) is 32.0 Å². The lowest BCUT2D eigenvalue weighted by atomic mass is 10.0. The summed E-state index contributed by atoms with van der Waals surface area (Å²) in [4.78, 5) is 15.4. The minimum absolute atomic E-state index is 0.146. The molecule has 0 radical (unpaired) electrons. The Balaban J connectivity index is 2.53. The summed E-state index contributed by atoms with van der Waals surface area (Å²) in [6.45, 7) is 8.29. The summed E-state index contributed by atoms with van der Waals surface area (Å²) >= 11 is 1.61. The van der Waals surface area contributed by atoms with Crippen molar-refractivity contribution in [3.05, 3.63) is 30.9 Å². The van der Waals surface area contributed by atoms with Crippen molar-refractivity contribution in [3.8, 4) is 0 Å². The van der Waals surface area contributed by atoms with Gasteiger partial charge in [-0.25, -0.2) is 0 Å². The fraction of sp³-hybridized carbons (Fsp3) is 0.357. The van der Waals surface area contributed by atoms with Crippen LogP contribution in [-0.2, 0) is 4.79 Å².